The van der Waals surface area contributed by atoms with Crippen LogP contribution in [-0.4, -0.2) is 10.8 Å². The molecule has 1 amide bonds. The molecule has 8 heteroatoms. The third-order valence-electron chi connectivity index (χ3n) is 2.96. The fourth-order valence-corrected chi connectivity index (χ4v) is 1.79. The third-order valence-corrected chi connectivity index (χ3v) is 2.96. The van der Waals surface area contributed by atoms with E-state index in [4.69, 9.17) is 5.26 Å². The minimum atomic E-state index is -0.943. The predicted molar refractivity (Wildman–Crippen MR) is 81.7 cm³/mol. The van der Waals surface area contributed by atoms with Gasteiger partial charge in [0.2, 0.25) is 0 Å². The molecule has 120 valence electrons. The number of nitrogens with one attached hydrogen (secondary N) is 1. The van der Waals surface area contributed by atoms with Gasteiger partial charge in [0.25, 0.3) is 11.6 Å². The van der Waals surface area contributed by atoms with Crippen molar-refractivity contribution in [2.24, 2.45) is 0 Å². The monoisotopic (exact) mass is 329 g/mol. The van der Waals surface area contributed by atoms with Gasteiger partial charge in [-0.15, -0.1) is 0 Å². The number of halogens is 2. The van der Waals surface area contributed by atoms with Crippen LogP contribution >= 0.6 is 0 Å². The number of non-ortho nitro benzene ring substituents is 1. The van der Waals surface area contributed by atoms with E-state index in [1.165, 1.54) is 18.2 Å². The minimum Gasteiger partial charge on any atom is -0.319 e. The molecule has 1 N–H and O–H groups in total. The summed E-state index contributed by atoms with van der Waals surface area (Å²) < 4.78 is 26.5. The van der Waals surface area contributed by atoms with Gasteiger partial charge in [-0.25, -0.2) is 8.78 Å². The van der Waals surface area contributed by atoms with Gasteiger partial charge in [0.1, 0.15) is 23.3 Å². The van der Waals surface area contributed by atoms with E-state index in [0.717, 1.165) is 30.3 Å². The van der Waals surface area contributed by atoms with E-state index >= 15 is 0 Å². The average Bonchev–Trinajstić information content (AvgIpc) is 2.56. The van der Waals surface area contributed by atoms with Crippen molar-refractivity contribution in [1.29, 1.82) is 5.26 Å². The molecule has 0 aliphatic rings. The molecule has 0 spiro atoms. The lowest BCUT2D eigenvalue weighted by Gasteiger charge is -2.05. The molecule has 2 rings (SSSR count). The number of benzene rings is 2. The standard InChI is InChI=1S/C16H9F2N3O3/c17-12-3-1-10(2-4-12)7-11(9-19)16(22)20-15-8-13(21(23)24)5-6-14(15)18/h1-8H,(H,20,22)/b11-7+. The lowest BCUT2D eigenvalue weighted by Crippen LogP contribution is -2.14. The van der Waals surface area contributed by atoms with Crippen LogP contribution in [0.4, 0.5) is 20.2 Å². The Balaban J connectivity index is 2.27. The zero-order valence-electron chi connectivity index (χ0n) is 12.0. The maximum atomic E-state index is 13.7. The summed E-state index contributed by atoms with van der Waals surface area (Å²) in [7, 11) is 0. The molecular weight excluding hydrogens is 320 g/mol. The lowest BCUT2D eigenvalue weighted by molar-refractivity contribution is -0.384. The zero-order valence-corrected chi connectivity index (χ0v) is 12.0. The summed E-state index contributed by atoms with van der Waals surface area (Å²) in [5.41, 5.74) is -0.808. The number of hydrogen-bond acceptors (Lipinski definition) is 4. The number of nitro groups is 1. The van der Waals surface area contributed by atoms with Gasteiger partial charge in [-0.05, 0) is 29.8 Å². The first-order chi connectivity index (χ1) is 11.4. The Morgan fingerprint density at radius 2 is 1.88 bits per heavy atom. The van der Waals surface area contributed by atoms with E-state index in [1.807, 2.05) is 0 Å². The van der Waals surface area contributed by atoms with E-state index in [2.05, 4.69) is 5.32 Å². The Labute approximate surface area is 134 Å². The smallest absolute Gasteiger partial charge is 0.271 e. The van der Waals surface area contributed by atoms with Crippen molar-refractivity contribution < 1.29 is 18.5 Å². The van der Waals surface area contributed by atoms with Crippen LogP contribution in [0.1, 0.15) is 5.56 Å². The van der Waals surface area contributed by atoms with E-state index in [9.17, 15) is 23.7 Å². The number of nitriles is 1. The molecule has 0 atom stereocenters. The van der Waals surface area contributed by atoms with Crippen LogP contribution in [-0.2, 0) is 4.79 Å². The summed E-state index contributed by atoms with van der Waals surface area (Å²) in [6.45, 7) is 0. The van der Waals surface area contributed by atoms with Crippen molar-refractivity contribution in [1.82, 2.24) is 0 Å². The van der Waals surface area contributed by atoms with Gasteiger partial charge in [-0.2, -0.15) is 5.26 Å². The fourth-order valence-electron chi connectivity index (χ4n) is 1.79. The van der Waals surface area contributed by atoms with Crippen LogP contribution in [0.5, 0.6) is 0 Å². The first-order valence-corrected chi connectivity index (χ1v) is 6.53. The molecule has 0 aliphatic carbocycles. The molecule has 0 fully saturated rings. The second-order valence-electron chi connectivity index (χ2n) is 4.60. The normalized spacial score (nSPS) is 10.8. The molecule has 24 heavy (non-hydrogen) atoms. The van der Waals surface area contributed by atoms with E-state index in [0.29, 0.717) is 5.56 Å². The van der Waals surface area contributed by atoms with Crippen LogP contribution < -0.4 is 5.32 Å². The Hall–Kier alpha value is -3.60. The number of anilines is 1. The Morgan fingerprint density at radius 1 is 1.21 bits per heavy atom. The largest absolute Gasteiger partial charge is 0.319 e. The van der Waals surface area contributed by atoms with Crippen molar-refractivity contribution in [3.8, 4) is 6.07 Å². The highest BCUT2D eigenvalue weighted by Crippen LogP contribution is 2.22. The molecular formula is C16H9F2N3O3. The molecule has 0 saturated heterocycles. The Kier molecular flexibility index (Phi) is 4.96. The predicted octanol–water partition coefficient (Wildman–Crippen LogP) is 3.42. The van der Waals surface area contributed by atoms with Gasteiger partial charge in [-0.3, -0.25) is 14.9 Å². The molecule has 0 aromatic heterocycles. The number of nitrogens with zero attached hydrogens (tertiary/aromatic N) is 2. The van der Waals surface area contributed by atoms with Gasteiger partial charge < -0.3 is 5.32 Å². The maximum absolute atomic E-state index is 13.7. The minimum absolute atomic E-state index is 0.368. The van der Waals surface area contributed by atoms with E-state index in [-0.39, 0.29) is 5.57 Å². The molecule has 6 nitrogen and oxygen atoms in total. The molecule has 0 unspecified atom stereocenters. The number of amides is 1. The quantitative estimate of drug-likeness (QED) is 0.402. The molecule has 0 heterocycles. The topological polar surface area (TPSA) is 96.0 Å². The highest BCUT2D eigenvalue weighted by Gasteiger charge is 2.15. The van der Waals surface area contributed by atoms with Crippen LogP contribution in [0.25, 0.3) is 6.08 Å². The highest BCUT2D eigenvalue weighted by molar-refractivity contribution is 6.09. The van der Waals surface area contributed by atoms with Crippen LogP contribution in [0, 0.1) is 33.1 Å². The summed E-state index contributed by atoms with van der Waals surface area (Å²) in [5.74, 6) is -2.30. The van der Waals surface area contributed by atoms with Crippen molar-refractivity contribution in [3.05, 3.63) is 75.3 Å². The summed E-state index contributed by atoms with van der Waals surface area (Å²) in [5, 5.41) is 21.8. The molecule has 0 saturated carbocycles. The third kappa shape index (κ3) is 3.98. The van der Waals surface area contributed by atoms with E-state index in [1.54, 1.807) is 6.07 Å². The van der Waals surface area contributed by atoms with Gasteiger partial charge in [0.05, 0.1) is 10.6 Å². The van der Waals surface area contributed by atoms with Crippen LogP contribution in [0.2, 0.25) is 0 Å². The van der Waals surface area contributed by atoms with Crippen molar-refractivity contribution in [2.75, 3.05) is 5.32 Å². The second-order valence-corrected chi connectivity index (χ2v) is 4.60. The molecule has 0 aliphatic heterocycles. The number of hydrogen-bond donors (Lipinski definition) is 1. The van der Waals surface area contributed by atoms with Gasteiger partial charge >= 0.3 is 0 Å². The summed E-state index contributed by atoms with van der Waals surface area (Å²) in [4.78, 5) is 22.0. The molecule has 2 aromatic carbocycles. The number of nitro benzene ring substituents is 1. The average molecular weight is 329 g/mol. The van der Waals surface area contributed by atoms with Gasteiger partial charge in [0, 0.05) is 12.1 Å². The second kappa shape index (κ2) is 7.11. The molecule has 0 radical (unpaired) electrons. The highest BCUT2D eigenvalue weighted by atomic mass is 19.1. The maximum Gasteiger partial charge on any atom is 0.271 e. The van der Waals surface area contributed by atoms with Crippen LogP contribution in [0.15, 0.2) is 48.0 Å². The first kappa shape index (κ1) is 16.8. The van der Waals surface area contributed by atoms with Crippen molar-refractivity contribution in [3.63, 3.8) is 0 Å². The Bertz CT molecular complexity index is 871. The fraction of sp³-hybridized carbons (Fsp3) is 0. The SMILES string of the molecule is N#C/C(=C\c1ccc(F)cc1)C(=O)Nc1cc([N+](=O)[O-])ccc1F. The summed E-state index contributed by atoms with van der Waals surface area (Å²) in [6.07, 6.45) is 1.18. The number of carbonyl (C=O) groups excluding carboxylic acids is 1. The van der Waals surface area contributed by atoms with E-state index < -0.39 is 33.8 Å². The first-order valence-electron chi connectivity index (χ1n) is 6.53. The van der Waals surface area contributed by atoms with Crippen molar-refractivity contribution >= 4 is 23.4 Å². The van der Waals surface area contributed by atoms with Crippen LogP contribution in [0.3, 0.4) is 0 Å². The number of rotatable bonds is 4. The van der Waals surface area contributed by atoms with Gasteiger partial charge in [-0.1, -0.05) is 12.1 Å². The summed E-state index contributed by atoms with van der Waals surface area (Å²) in [6, 6.07) is 9.29. The van der Waals surface area contributed by atoms with Crippen molar-refractivity contribution in [2.45, 2.75) is 0 Å². The zero-order chi connectivity index (χ0) is 17.7. The summed E-state index contributed by atoms with van der Waals surface area (Å²) >= 11 is 0. The molecule has 2 aromatic rings. The lowest BCUT2D eigenvalue weighted by atomic mass is 10.1. The Morgan fingerprint density at radius 3 is 2.46 bits per heavy atom. The number of carbonyl (C=O) groups is 1. The molecule has 0 bridgehead atoms. The van der Waals surface area contributed by atoms with Gasteiger partial charge in [0.15, 0.2) is 0 Å².